The summed E-state index contributed by atoms with van der Waals surface area (Å²) >= 11 is 0. The quantitative estimate of drug-likeness (QED) is 0.601. The van der Waals surface area contributed by atoms with Gasteiger partial charge < -0.3 is 20.7 Å². The van der Waals surface area contributed by atoms with Gasteiger partial charge in [0.1, 0.15) is 0 Å². The smallest absolute Gasteiger partial charge is 0.340 e. The van der Waals surface area contributed by atoms with Gasteiger partial charge in [0.15, 0.2) is 12.4 Å². The third-order valence-corrected chi connectivity index (χ3v) is 4.55. The molecule has 0 spiro atoms. The summed E-state index contributed by atoms with van der Waals surface area (Å²) < 4.78 is 5.40. The standard InChI is InChI=1S/C21H20N6O3/c22-20-24-17(25-21(26-20)23-14-7-2-1-3-8-14)13-30-19(29)15-9-4-5-10-16(15)27-12-6-11-18(27)28/h1-5,7-10H,6,11-13H2,(H3,22,23,24,25,26). The van der Waals surface area contributed by atoms with Crippen LogP contribution in [0.5, 0.6) is 0 Å². The Hall–Kier alpha value is -4.01. The number of hydrogen-bond donors (Lipinski definition) is 2. The van der Waals surface area contributed by atoms with Gasteiger partial charge >= 0.3 is 5.97 Å². The molecule has 0 unspecified atom stereocenters. The summed E-state index contributed by atoms with van der Waals surface area (Å²) in [6.45, 7) is 0.402. The van der Waals surface area contributed by atoms with Crippen LogP contribution in [0.25, 0.3) is 0 Å². The molecule has 0 saturated carbocycles. The summed E-state index contributed by atoms with van der Waals surface area (Å²) in [5.74, 6) is -0.0941. The predicted molar refractivity (Wildman–Crippen MR) is 111 cm³/mol. The van der Waals surface area contributed by atoms with Crippen LogP contribution in [0.4, 0.5) is 23.3 Å². The molecule has 3 aromatic rings. The molecule has 0 radical (unpaired) electrons. The van der Waals surface area contributed by atoms with Crippen LogP contribution in [0.3, 0.4) is 0 Å². The van der Waals surface area contributed by atoms with E-state index < -0.39 is 5.97 Å². The Balaban J connectivity index is 1.48. The first-order valence-corrected chi connectivity index (χ1v) is 9.49. The maximum Gasteiger partial charge on any atom is 0.340 e. The Morgan fingerprint density at radius 3 is 2.60 bits per heavy atom. The number of ether oxygens (including phenoxy) is 1. The van der Waals surface area contributed by atoms with Gasteiger partial charge in [0, 0.05) is 18.7 Å². The molecule has 3 N–H and O–H groups in total. The van der Waals surface area contributed by atoms with Gasteiger partial charge in [-0.25, -0.2) is 4.79 Å². The number of hydrogen-bond acceptors (Lipinski definition) is 8. The Bertz CT molecular complexity index is 1070. The molecule has 0 atom stereocenters. The SMILES string of the molecule is Nc1nc(COC(=O)c2ccccc2N2CCCC2=O)nc(Nc2ccccc2)n1. The molecule has 1 aliphatic rings. The Morgan fingerprint density at radius 1 is 1.07 bits per heavy atom. The molecule has 30 heavy (non-hydrogen) atoms. The van der Waals surface area contributed by atoms with Crippen molar-refractivity contribution in [2.75, 3.05) is 22.5 Å². The van der Waals surface area contributed by atoms with Crippen LogP contribution >= 0.6 is 0 Å². The van der Waals surface area contributed by atoms with Gasteiger partial charge in [0.2, 0.25) is 17.8 Å². The number of nitrogen functional groups attached to an aromatic ring is 1. The van der Waals surface area contributed by atoms with E-state index in [9.17, 15) is 9.59 Å². The normalized spacial score (nSPS) is 13.3. The van der Waals surface area contributed by atoms with E-state index in [2.05, 4.69) is 20.3 Å². The van der Waals surface area contributed by atoms with Crippen molar-refractivity contribution < 1.29 is 14.3 Å². The molecule has 4 rings (SSSR count). The van der Waals surface area contributed by atoms with Crippen molar-refractivity contribution in [1.29, 1.82) is 0 Å². The summed E-state index contributed by atoms with van der Waals surface area (Å²) in [5, 5.41) is 3.03. The minimum Gasteiger partial charge on any atom is -0.454 e. The molecule has 9 nitrogen and oxygen atoms in total. The summed E-state index contributed by atoms with van der Waals surface area (Å²) in [5.41, 5.74) is 7.42. The lowest BCUT2D eigenvalue weighted by Gasteiger charge is -2.18. The molecule has 1 amide bonds. The second-order valence-corrected chi connectivity index (χ2v) is 6.67. The Kier molecular flexibility index (Phi) is 5.51. The number of esters is 1. The van der Waals surface area contributed by atoms with Crippen LogP contribution in [0.1, 0.15) is 29.0 Å². The van der Waals surface area contributed by atoms with E-state index in [0.717, 1.165) is 12.1 Å². The number of nitrogens with two attached hydrogens (primary N) is 1. The first-order valence-electron chi connectivity index (χ1n) is 9.49. The first-order chi connectivity index (χ1) is 14.6. The highest BCUT2D eigenvalue weighted by molar-refractivity contribution is 6.03. The van der Waals surface area contributed by atoms with E-state index in [-0.39, 0.29) is 30.2 Å². The lowest BCUT2D eigenvalue weighted by Crippen LogP contribution is -2.26. The largest absolute Gasteiger partial charge is 0.454 e. The zero-order valence-electron chi connectivity index (χ0n) is 16.1. The third-order valence-electron chi connectivity index (χ3n) is 4.55. The second-order valence-electron chi connectivity index (χ2n) is 6.67. The highest BCUT2D eigenvalue weighted by Crippen LogP contribution is 2.26. The highest BCUT2D eigenvalue weighted by Gasteiger charge is 2.26. The van der Waals surface area contributed by atoms with E-state index in [0.29, 0.717) is 24.2 Å². The second kappa shape index (κ2) is 8.56. The van der Waals surface area contributed by atoms with Crippen molar-refractivity contribution in [2.45, 2.75) is 19.4 Å². The maximum atomic E-state index is 12.7. The molecule has 9 heteroatoms. The maximum absolute atomic E-state index is 12.7. The average molecular weight is 404 g/mol. The molecule has 1 aromatic heterocycles. The van der Waals surface area contributed by atoms with Gasteiger partial charge in [0.25, 0.3) is 0 Å². The van der Waals surface area contributed by atoms with E-state index in [1.165, 1.54) is 0 Å². The fourth-order valence-corrected chi connectivity index (χ4v) is 3.20. The van der Waals surface area contributed by atoms with Crippen molar-refractivity contribution in [3.05, 3.63) is 66.0 Å². The number of aromatic nitrogens is 3. The van der Waals surface area contributed by atoms with Crippen molar-refractivity contribution >= 4 is 35.1 Å². The molecule has 152 valence electrons. The van der Waals surface area contributed by atoms with Crippen molar-refractivity contribution in [1.82, 2.24) is 15.0 Å². The van der Waals surface area contributed by atoms with Crippen LogP contribution in [0, 0.1) is 0 Å². The topological polar surface area (TPSA) is 123 Å². The van der Waals surface area contributed by atoms with Crippen molar-refractivity contribution in [3.8, 4) is 0 Å². The molecule has 0 bridgehead atoms. The van der Waals surface area contributed by atoms with Gasteiger partial charge in [-0.05, 0) is 30.7 Å². The van der Waals surface area contributed by atoms with Crippen molar-refractivity contribution in [2.24, 2.45) is 0 Å². The van der Waals surface area contributed by atoms with Gasteiger partial charge in [-0.15, -0.1) is 0 Å². The van der Waals surface area contributed by atoms with E-state index >= 15 is 0 Å². The predicted octanol–water partition coefficient (Wildman–Crippen LogP) is 2.68. The summed E-state index contributed by atoms with van der Waals surface area (Å²) in [4.78, 5) is 38.7. The number of amides is 1. The minimum absolute atomic E-state index is 0.00267. The van der Waals surface area contributed by atoms with E-state index in [4.69, 9.17) is 10.5 Å². The number of anilines is 4. The monoisotopic (exact) mass is 404 g/mol. The molecule has 1 aliphatic heterocycles. The van der Waals surface area contributed by atoms with Gasteiger partial charge in [-0.1, -0.05) is 30.3 Å². The third kappa shape index (κ3) is 4.35. The van der Waals surface area contributed by atoms with Crippen LogP contribution in [-0.4, -0.2) is 33.4 Å². The van der Waals surface area contributed by atoms with E-state index in [1.54, 1.807) is 29.2 Å². The van der Waals surface area contributed by atoms with Gasteiger partial charge in [-0.2, -0.15) is 15.0 Å². The molecule has 2 aromatic carbocycles. The highest BCUT2D eigenvalue weighted by atomic mass is 16.5. The van der Waals surface area contributed by atoms with E-state index in [1.807, 2.05) is 30.3 Å². The molecule has 2 heterocycles. The van der Waals surface area contributed by atoms with Crippen LogP contribution in [0.2, 0.25) is 0 Å². The Labute approximate surface area is 172 Å². The summed E-state index contributed by atoms with van der Waals surface area (Å²) in [7, 11) is 0. The number of para-hydroxylation sites is 2. The van der Waals surface area contributed by atoms with Crippen LogP contribution in [0.15, 0.2) is 54.6 Å². The number of benzene rings is 2. The lowest BCUT2D eigenvalue weighted by atomic mass is 10.1. The average Bonchev–Trinajstić information content (AvgIpc) is 3.18. The zero-order chi connectivity index (χ0) is 20.9. The Morgan fingerprint density at radius 2 is 1.83 bits per heavy atom. The zero-order valence-corrected chi connectivity index (χ0v) is 16.1. The summed E-state index contributed by atoms with van der Waals surface area (Å²) in [6.07, 6.45) is 1.24. The fourth-order valence-electron chi connectivity index (χ4n) is 3.20. The number of rotatable bonds is 6. The van der Waals surface area contributed by atoms with Gasteiger partial charge in [-0.3, -0.25) is 4.79 Å². The first kappa shape index (κ1) is 19.3. The fraction of sp³-hybridized carbons (Fsp3) is 0.190. The number of carbonyl (C=O) groups excluding carboxylic acids is 2. The number of nitrogens with one attached hydrogen (secondary N) is 1. The lowest BCUT2D eigenvalue weighted by molar-refractivity contribution is -0.117. The molecule has 1 saturated heterocycles. The molecular weight excluding hydrogens is 384 g/mol. The van der Waals surface area contributed by atoms with Crippen molar-refractivity contribution in [3.63, 3.8) is 0 Å². The van der Waals surface area contributed by atoms with Crippen LogP contribution in [-0.2, 0) is 16.1 Å². The van der Waals surface area contributed by atoms with Gasteiger partial charge in [0.05, 0.1) is 11.3 Å². The summed E-state index contributed by atoms with van der Waals surface area (Å²) in [6, 6.07) is 16.2. The van der Waals surface area contributed by atoms with Crippen LogP contribution < -0.4 is 16.0 Å². The number of carbonyl (C=O) groups is 2. The molecule has 0 aliphatic carbocycles. The molecular formula is C21H20N6O3. The number of nitrogens with zero attached hydrogens (tertiary/aromatic N) is 4. The molecule has 1 fully saturated rings. The minimum atomic E-state index is -0.568.